The van der Waals surface area contributed by atoms with E-state index in [1.165, 1.54) is 22.9 Å². The lowest BCUT2D eigenvalue weighted by atomic mass is 9.79. The van der Waals surface area contributed by atoms with Crippen molar-refractivity contribution in [3.63, 3.8) is 0 Å². The molecule has 65 heavy (non-hydrogen) atoms. The van der Waals surface area contributed by atoms with Crippen molar-refractivity contribution < 1.29 is 61.3 Å². The summed E-state index contributed by atoms with van der Waals surface area (Å²) in [5, 5.41) is 9.74. The summed E-state index contributed by atoms with van der Waals surface area (Å²) < 4.78 is 64.8. The summed E-state index contributed by atoms with van der Waals surface area (Å²) in [6.07, 6.45) is -0.988. The molecule has 0 spiro atoms. The maximum Gasteiger partial charge on any atom is 0.410 e. The second kappa shape index (κ2) is 21.2. The Bertz CT molecular complexity index is 2230. The number of halogens is 3. The number of amides is 5. The van der Waals surface area contributed by atoms with Gasteiger partial charge in [0.2, 0.25) is 0 Å². The Kier molecular flexibility index (Phi) is 16.2. The van der Waals surface area contributed by atoms with Gasteiger partial charge in [-0.1, -0.05) is 44.2 Å². The molecule has 4 atom stereocenters. The van der Waals surface area contributed by atoms with Crippen LogP contribution in [-0.2, 0) is 39.9 Å². The fourth-order valence-corrected chi connectivity index (χ4v) is 7.79. The number of ether oxygens (including phenoxy) is 3. The van der Waals surface area contributed by atoms with Crippen molar-refractivity contribution >= 4 is 35.9 Å². The Balaban J connectivity index is 1.59. The van der Waals surface area contributed by atoms with Crippen molar-refractivity contribution in [1.29, 1.82) is 0 Å². The number of hydrogen-bond donors (Lipinski definition) is 1. The van der Waals surface area contributed by atoms with Gasteiger partial charge in [-0.15, -0.1) is 0 Å². The highest BCUT2D eigenvalue weighted by molar-refractivity contribution is 6.12. The maximum atomic E-state index is 16.2. The Morgan fingerprint density at radius 3 is 2.28 bits per heavy atom. The van der Waals surface area contributed by atoms with Gasteiger partial charge in [0.15, 0.2) is 6.10 Å². The van der Waals surface area contributed by atoms with Crippen molar-refractivity contribution in [1.82, 2.24) is 29.2 Å². The maximum absolute atomic E-state index is 16.2. The van der Waals surface area contributed by atoms with Crippen molar-refractivity contribution in [2.75, 3.05) is 52.5 Å². The lowest BCUT2D eigenvalue weighted by Gasteiger charge is -2.43. The SMILES string of the molecule is CC(=O)O[C@@H](C)C(=O)N(C[C@@H]1CN(C(=O)OC(C)(C)C)C[C@@H]1F)[C@@H](c1nc(-c2cc(F)ccc2F)cn1Cc1ccccc1)C(C)(C)CCOC(=O)N(CCO)CCN1C(=O)C=CC1=O. The zero-order chi connectivity index (χ0) is 47.8. The zero-order valence-corrected chi connectivity index (χ0v) is 37.7. The number of imide groups is 1. The van der Waals surface area contributed by atoms with Gasteiger partial charge in [-0.3, -0.25) is 24.1 Å². The van der Waals surface area contributed by atoms with E-state index in [0.29, 0.717) is 0 Å². The number of aromatic nitrogens is 2. The third-order valence-electron chi connectivity index (χ3n) is 11.0. The molecule has 5 amide bonds. The van der Waals surface area contributed by atoms with Crippen LogP contribution in [0.15, 0.2) is 66.9 Å². The molecular weight excluding hydrogens is 854 g/mol. The van der Waals surface area contributed by atoms with Gasteiger partial charge in [0.25, 0.3) is 17.7 Å². The molecule has 0 radical (unpaired) electrons. The van der Waals surface area contributed by atoms with Crippen LogP contribution in [0.1, 0.15) is 72.3 Å². The molecule has 5 rings (SSSR count). The number of carbonyl (C=O) groups excluding carboxylic acids is 6. The number of hydrogen-bond acceptors (Lipinski definition) is 11. The summed E-state index contributed by atoms with van der Waals surface area (Å²) in [5.41, 5.74) is -1.50. The number of benzene rings is 2. The molecule has 1 aromatic heterocycles. The van der Waals surface area contributed by atoms with Crippen LogP contribution in [0.25, 0.3) is 11.3 Å². The smallest absolute Gasteiger partial charge is 0.410 e. The number of imidazole rings is 1. The van der Waals surface area contributed by atoms with Gasteiger partial charge >= 0.3 is 18.2 Å². The Labute approximate surface area is 375 Å². The monoisotopic (exact) mass is 910 g/mol. The molecule has 0 bridgehead atoms. The molecule has 1 saturated heterocycles. The molecule has 0 aliphatic carbocycles. The number of alkyl halides is 1. The highest BCUT2D eigenvalue weighted by Gasteiger charge is 2.47. The predicted octanol–water partition coefficient (Wildman–Crippen LogP) is 5.68. The Morgan fingerprint density at radius 1 is 0.969 bits per heavy atom. The highest BCUT2D eigenvalue weighted by atomic mass is 19.1. The molecule has 16 nitrogen and oxygen atoms in total. The van der Waals surface area contributed by atoms with Gasteiger partial charge < -0.3 is 38.6 Å². The van der Waals surface area contributed by atoms with Crippen molar-refractivity contribution in [2.24, 2.45) is 11.3 Å². The minimum atomic E-state index is -1.65. The number of aliphatic hydroxyl groups excluding tert-OH is 1. The van der Waals surface area contributed by atoms with Crippen LogP contribution in [0.3, 0.4) is 0 Å². The number of aliphatic hydroxyl groups is 1. The number of nitrogens with zero attached hydrogens (tertiary/aromatic N) is 6. The third kappa shape index (κ3) is 13.0. The molecule has 2 aromatic carbocycles. The average Bonchev–Trinajstić information content (AvgIpc) is 3.91. The molecule has 0 saturated carbocycles. The van der Waals surface area contributed by atoms with E-state index in [9.17, 15) is 38.3 Å². The number of rotatable bonds is 18. The highest BCUT2D eigenvalue weighted by Crippen LogP contribution is 2.44. The van der Waals surface area contributed by atoms with Crippen LogP contribution < -0.4 is 0 Å². The fourth-order valence-electron chi connectivity index (χ4n) is 7.79. The third-order valence-corrected chi connectivity index (χ3v) is 11.0. The van der Waals surface area contributed by atoms with Gasteiger partial charge in [-0.2, -0.15) is 0 Å². The van der Waals surface area contributed by atoms with E-state index >= 15 is 8.78 Å². The summed E-state index contributed by atoms with van der Waals surface area (Å²) in [4.78, 5) is 87.5. The fraction of sp³-hybridized carbons (Fsp3) is 0.500. The van der Waals surface area contributed by atoms with Crippen LogP contribution in [0, 0.1) is 23.0 Å². The van der Waals surface area contributed by atoms with E-state index in [2.05, 4.69) is 0 Å². The summed E-state index contributed by atoms with van der Waals surface area (Å²) in [5.74, 6) is -5.01. The van der Waals surface area contributed by atoms with Gasteiger partial charge in [-0.05, 0) is 63.3 Å². The van der Waals surface area contributed by atoms with Gasteiger partial charge in [-0.25, -0.2) is 27.7 Å². The Morgan fingerprint density at radius 2 is 1.65 bits per heavy atom. The summed E-state index contributed by atoms with van der Waals surface area (Å²) in [6, 6.07) is 10.8. The quantitative estimate of drug-likeness (QED) is 0.0944. The second-order valence-corrected chi connectivity index (χ2v) is 17.8. The second-order valence-electron chi connectivity index (χ2n) is 17.8. The number of likely N-dealkylation sites (tertiary alicyclic amines) is 1. The molecular formula is C46H57F3N6O10. The molecule has 1 fully saturated rings. The van der Waals surface area contributed by atoms with Crippen molar-refractivity contribution in [2.45, 2.75) is 85.4 Å². The lowest BCUT2D eigenvalue weighted by molar-refractivity contribution is -0.161. The summed E-state index contributed by atoms with van der Waals surface area (Å²) in [6.45, 7) is 8.99. The summed E-state index contributed by atoms with van der Waals surface area (Å²) >= 11 is 0. The summed E-state index contributed by atoms with van der Waals surface area (Å²) in [7, 11) is 0. The minimum Gasteiger partial charge on any atom is -0.453 e. The Hall–Kier alpha value is -6.24. The van der Waals surface area contributed by atoms with Gasteiger partial charge in [0.1, 0.15) is 29.2 Å². The molecule has 1 N–H and O–H groups in total. The van der Waals surface area contributed by atoms with Crippen LogP contribution in [0.5, 0.6) is 0 Å². The normalized spacial score (nSPS) is 17.3. The van der Waals surface area contributed by atoms with Crippen LogP contribution in [0.4, 0.5) is 22.8 Å². The van der Waals surface area contributed by atoms with Crippen LogP contribution in [0.2, 0.25) is 0 Å². The standard InChI is InChI=1S/C46H57F3N6O10/c1-29(64-30(2)57)42(60)55(26-32-25-53(27-36(32)49)44(62)65-45(3,4)5)40(46(6,7)17-22-63-43(61)51(20-21-56)18-19-54-38(58)15-16-39(54)59)41-50-37(34-23-33(47)13-14-35(34)48)28-52(41)24-31-11-9-8-10-12-31/h8-16,23,28-29,32,36,40,56H,17-22,24-27H2,1-7H3/t29-,32-,36-,40-/m0/s1. The molecule has 2 aliphatic heterocycles. The van der Waals surface area contributed by atoms with Gasteiger partial charge in [0.05, 0.1) is 31.5 Å². The van der Waals surface area contributed by atoms with Gasteiger partial charge in [0, 0.05) is 76.0 Å². The van der Waals surface area contributed by atoms with Crippen molar-refractivity contribution in [3.05, 3.63) is 89.9 Å². The largest absolute Gasteiger partial charge is 0.453 e. The molecule has 3 heterocycles. The van der Waals surface area contributed by atoms with E-state index in [1.54, 1.807) is 51.3 Å². The molecule has 19 heteroatoms. The predicted molar refractivity (Wildman–Crippen MR) is 229 cm³/mol. The molecule has 3 aromatic rings. The van der Waals surface area contributed by atoms with Crippen LogP contribution in [-0.4, -0.2) is 140 Å². The number of carbonyl (C=O) groups is 6. The van der Waals surface area contributed by atoms with Crippen molar-refractivity contribution in [3.8, 4) is 11.3 Å². The van der Waals surface area contributed by atoms with E-state index in [4.69, 9.17) is 19.2 Å². The molecule has 0 unspecified atom stereocenters. The average molecular weight is 911 g/mol. The van der Waals surface area contributed by atoms with Crippen LogP contribution >= 0.6 is 0 Å². The first-order chi connectivity index (χ1) is 30.6. The lowest BCUT2D eigenvalue weighted by Crippen LogP contribution is -2.50. The van der Waals surface area contributed by atoms with E-state index < -0.39 is 89.4 Å². The van der Waals surface area contributed by atoms with E-state index in [0.717, 1.165) is 52.6 Å². The first kappa shape index (κ1) is 49.8. The molecule has 352 valence electrons. The number of esters is 1. The van der Waals surface area contributed by atoms with E-state index in [1.807, 2.05) is 18.2 Å². The first-order valence-electron chi connectivity index (χ1n) is 21.3. The topological polar surface area (TPSA) is 181 Å². The minimum absolute atomic E-state index is 0.00531. The zero-order valence-electron chi connectivity index (χ0n) is 37.7. The van der Waals surface area contributed by atoms with E-state index in [-0.39, 0.29) is 75.9 Å². The first-order valence-corrected chi connectivity index (χ1v) is 21.3. The molecule has 2 aliphatic rings.